The van der Waals surface area contributed by atoms with Gasteiger partial charge in [-0.15, -0.1) is 0 Å². The first-order valence-electron chi connectivity index (χ1n) is 22.9. The van der Waals surface area contributed by atoms with Gasteiger partial charge in [-0.3, -0.25) is 5.41 Å². The summed E-state index contributed by atoms with van der Waals surface area (Å²) in [5.74, 6) is 0.703. The van der Waals surface area contributed by atoms with Gasteiger partial charge < -0.3 is 0 Å². The fraction of sp³-hybridized carbons (Fsp3) is 0.0635. The molecule has 0 amide bonds. The van der Waals surface area contributed by atoms with Gasteiger partial charge in [-0.2, -0.15) is 0 Å². The predicted octanol–water partition coefficient (Wildman–Crippen LogP) is 16.5. The van der Waals surface area contributed by atoms with Crippen LogP contribution in [0.3, 0.4) is 0 Å². The van der Waals surface area contributed by atoms with Gasteiger partial charge in [0.15, 0.2) is 11.7 Å². The Morgan fingerprint density at radius 1 is 0.409 bits per heavy atom. The van der Waals surface area contributed by atoms with Crippen LogP contribution in [0.5, 0.6) is 0 Å². The lowest BCUT2D eigenvalue weighted by atomic mass is 9.77. The molecule has 8 aromatic carbocycles. The van der Waals surface area contributed by atoms with Crippen LogP contribution in [0, 0.1) is 5.41 Å². The number of aliphatic imine (C=N–C) groups is 2. The first kappa shape index (κ1) is 41.7. The lowest BCUT2D eigenvalue weighted by Gasteiger charge is -2.25. The highest BCUT2D eigenvalue weighted by atomic mass is 14.9. The molecule has 316 valence electrons. The van der Waals surface area contributed by atoms with Crippen molar-refractivity contribution in [3.63, 3.8) is 0 Å². The van der Waals surface area contributed by atoms with E-state index in [4.69, 9.17) is 9.98 Å². The fourth-order valence-corrected chi connectivity index (χ4v) is 9.04. The Kier molecular flexibility index (Phi) is 12.4. The summed E-state index contributed by atoms with van der Waals surface area (Å²) < 4.78 is 0. The molecule has 0 saturated heterocycles. The van der Waals surface area contributed by atoms with Crippen molar-refractivity contribution < 1.29 is 0 Å². The van der Waals surface area contributed by atoms with Crippen LogP contribution in [0.25, 0.3) is 72.3 Å². The summed E-state index contributed by atoms with van der Waals surface area (Å²) in [6, 6.07) is 70.9. The zero-order valence-electron chi connectivity index (χ0n) is 36.8. The van der Waals surface area contributed by atoms with Gasteiger partial charge >= 0.3 is 0 Å². The first-order valence-corrected chi connectivity index (χ1v) is 22.9. The number of amidine groups is 2. The van der Waals surface area contributed by atoms with Gasteiger partial charge in [0, 0.05) is 17.4 Å². The van der Waals surface area contributed by atoms with Crippen molar-refractivity contribution in [1.29, 1.82) is 5.41 Å². The predicted molar refractivity (Wildman–Crippen MR) is 280 cm³/mol. The first-order chi connectivity index (χ1) is 32.7. The second kappa shape index (κ2) is 19.6. The van der Waals surface area contributed by atoms with Crippen molar-refractivity contribution in [3.05, 3.63) is 259 Å². The number of rotatable bonds is 10. The van der Waals surface area contributed by atoms with Crippen molar-refractivity contribution in [2.75, 3.05) is 0 Å². The molecule has 0 bridgehead atoms. The van der Waals surface area contributed by atoms with E-state index < -0.39 is 0 Å². The van der Waals surface area contributed by atoms with E-state index in [2.05, 4.69) is 194 Å². The minimum absolute atomic E-state index is 0.169. The number of nitrogens with zero attached hydrogens (tertiary/aromatic N) is 2. The van der Waals surface area contributed by atoms with Crippen LogP contribution in [-0.2, 0) is 0 Å². The van der Waals surface area contributed by atoms with E-state index in [1.807, 2.05) is 48.7 Å². The number of nitrogens with one attached hydrogen (secondary N) is 1. The molecule has 0 fully saturated rings. The summed E-state index contributed by atoms with van der Waals surface area (Å²) in [7, 11) is 0. The quantitative estimate of drug-likeness (QED) is 0.105. The standard InChI is InChI=1S/C63H49N3/c64-62(66-63(50-32-17-6-18-33-50)65-44-45-22-7-1-8-23-45)56-39-21-37-54(42-56)52-35-19-34-51(40-52)53-36-20-38-55(41-53)58-43-57(46-24-9-2-10-25-46)59(47-26-11-3-12-27-47)61(49-30-15-5-16-31-49)60(58)48-28-13-4-14-29-48/h1-4,7-15,17,19-44,64H,5-6,16,18H2/b64-62?,65-44+,66-63-. The number of benzene rings is 8. The maximum Gasteiger partial charge on any atom is 0.161 e. The van der Waals surface area contributed by atoms with E-state index in [-0.39, 0.29) is 5.84 Å². The minimum Gasteiger partial charge on any atom is -0.282 e. The second-order valence-electron chi connectivity index (χ2n) is 16.7. The summed E-state index contributed by atoms with van der Waals surface area (Å²) >= 11 is 0. The van der Waals surface area contributed by atoms with Crippen LogP contribution in [0.1, 0.15) is 42.4 Å². The van der Waals surface area contributed by atoms with E-state index in [0.717, 1.165) is 70.2 Å². The zero-order chi connectivity index (χ0) is 44.5. The summed E-state index contributed by atoms with van der Waals surface area (Å²) in [4.78, 5) is 9.60. The highest BCUT2D eigenvalue weighted by Crippen LogP contribution is 2.49. The summed E-state index contributed by atoms with van der Waals surface area (Å²) in [6.45, 7) is 0. The molecule has 66 heavy (non-hydrogen) atoms. The number of hydrogen-bond donors (Lipinski definition) is 1. The van der Waals surface area contributed by atoms with E-state index in [1.165, 1.54) is 50.1 Å². The summed E-state index contributed by atoms with van der Waals surface area (Å²) in [5.41, 5.74) is 19.1. The average Bonchev–Trinajstić information content (AvgIpc) is 3.41. The monoisotopic (exact) mass is 847 g/mol. The van der Waals surface area contributed by atoms with Gasteiger partial charge in [-0.25, -0.2) is 9.98 Å². The van der Waals surface area contributed by atoms with Crippen LogP contribution in [0.15, 0.2) is 252 Å². The molecule has 3 nitrogen and oxygen atoms in total. The molecule has 1 N–H and O–H groups in total. The molecule has 3 heteroatoms. The van der Waals surface area contributed by atoms with Crippen LogP contribution in [-0.4, -0.2) is 17.9 Å². The molecule has 0 heterocycles. The largest absolute Gasteiger partial charge is 0.282 e. The van der Waals surface area contributed by atoms with Crippen LogP contribution in [0.2, 0.25) is 0 Å². The molecule has 0 unspecified atom stereocenters. The molecule has 0 radical (unpaired) electrons. The van der Waals surface area contributed by atoms with Gasteiger partial charge in [0.2, 0.25) is 0 Å². The van der Waals surface area contributed by atoms with E-state index in [0.29, 0.717) is 5.84 Å². The molecule has 10 rings (SSSR count). The molecular formula is C63H49N3. The maximum atomic E-state index is 9.18. The fourth-order valence-electron chi connectivity index (χ4n) is 9.04. The molecule has 0 aromatic heterocycles. The lowest BCUT2D eigenvalue weighted by Crippen LogP contribution is -2.06. The van der Waals surface area contributed by atoms with E-state index in [9.17, 15) is 5.41 Å². The molecule has 2 aliphatic rings. The van der Waals surface area contributed by atoms with Crippen LogP contribution in [0.4, 0.5) is 0 Å². The molecule has 0 saturated carbocycles. The van der Waals surface area contributed by atoms with Crippen molar-refractivity contribution in [2.45, 2.75) is 25.7 Å². The molecule has 8 aromatic rings. The highest BCUT2D eigenvalue weighted by Gasteiger charge is 2.25. The second-order valence-corrected chi connectivity index (χ2v) is 16.7. The molecule has 0 atom stereocenters. The SMILES string of the molecule is N=C(/N=C(\N=C\c1ccccc1)C1=CCCC=C1)c1cccc(-c2cccc(-c3cccc(-c4cc(-c5ccccc5)c(-c5ccccc5)c(C5=CCCC=C5)c4-c4ccccc4)c3)c2)c1. The van der Waals surface area contributed by atoms with Crippen LogP contribution < -0.4 is 0 Å². The van der Waals surface area contributed by atoms with Gasteiger partial charge in [0.25, 0.3) is 0 Å². The smallest absolute Gasteiger partial charge is 0.161 e. The normalized spacial score (nSPS) is 13.7. The third kappa shape index (κ3) is 9.20. The third-order valence-corrected chi connectivity index (χ3v) is 12.3. The number of allylic oxidation sites excluding steroid dienone is 6. The molecule has 0 spiro atoms. The average molecular weight is 848 g/mol. The Bertz CT molecular complexity index is 3220. The Labute approximate surface area is 388 Å². The minimum atomic E-state index is 0.169. The molecular weight excluding hydrogens is 799 g/mol. The third-order valence-electron chi connectivity index (χ3n) is 12.3. The van der Waals surface area contributed by atoms with Crippen molar-refractivity contribution >= 4 is 23.5 Å². The topological polar surface area (TPSA) is 48.6 Å². The molecule has 2 aliphatic carbocycles. The van der Waals surface area contributed by atoms with Crippen LogP contribution >= 0.6 is 0 Å². The van der Waals surface area contributed by atoms with Gasteiger partial charge in [0.05, 0.1) is 0 Å². The van der Waals surface area contributed by atoms with Crippen molar-refractivity contribution in [1.82, 2.24) is 0 Å². The Morgan fingerprint density at radius 2 is 0.894 bits per heavy atom. The number of hydrogen-bond acceptors (Lipinski definition) is 1. The maximum absolute atomic E-state index is 9.18. The summed E-state index contributed by atoms with van der Waals surface area (Å²) in [6.07, 6.45) is 19.2. The molecule has 0 aliphatic heterocycles. The zero-order valence-corrected chi connectivity index (χ0v) is 36.8. The van der Waals surface area contributed by atoms with E-state index >= 15 is 0 Å². The van der Waals surface area contributed by atoms with Crippen molar-refractivity contribution in [3.8, 4) is 66.8 Å². The van der Waals surface area contributed by atoms with Gasteiger partial charge in [-0.1, -0.05) is 212 Å². The Balaban J connectivity index is 1.07. The van der Waals surface area contributed by atoms with Gasteiger partial charge in [0.1, 0.15) is 0 Å². The Hall–Kier alpha value is -8.27. The summed E-state index contributed by atoms with van der Waals surface area (Å²) in [5, 5.41) is 9.18. The highest BCUT2D eigenvalue weighted by molar-refractivity contribution is 6.14. The lowest BCUT2D eigenvalue weighted by molar-refractivity contribution is 1.03. The van der Waals surface area contributed by atoms with E-state index in [1.54, 1.807) is 0 Å². The van der Waals surface area contributed by atoms with Gasteiger partial charge in [-0.05, 0) is 133 Å². The van der Waals surface area contributed by atoms with Crippen molar-refractivity contribution in [2.24, 2.45) is 9.98 Å². The Morgan fingerprint density at radius 3 is 1.47 bits per heavy atom.